The Morgan fingerprint density at radius 3 is 1.85 bits per heavy atom. The van der Waals surface area contributed by atoms with Gasteiger partial charge in [-0.3, -0.25) is 0 Å². The standard InChI is InChI=1S/C23H18N2O2/c26-23(19-14-8-3-9-15-19)22-21(18-12-6-2-7-13-18)24-16-20(25(22)27)17-10-4-1-5-11-17/h1-16,23,26H. The number of hydrogen-bond acceptors (Lipinski definition) is 3. The van der Waals surface area contributed by atoms with Crippen molar-refractivity contribution in [3.63, 3.8) is 0 Å². The largest absolute Gasteiger partial charge is 0.618 e. The molecule has 0 amide bonds. The zero-order valence-corrected chi connectivity index (χ0v) is 14.6. The Balaban J connectivity index is 1.94. The molecule has 1 heterocycles. The first-order valence-corrected chi connectivity index (χ1v) is 8.72. The van der Waals surface area contributed by atoms with Crippen LogP contribution in [0.25, 0.3) is 22.5 Å². The van der Waals surface area contributed by atoms with Crippen molar-refractivity contribution in [1.29, 1.82) is 0 Å². The Morgan fingerprint density at radius 1 is 0.741 bits per heavy atom. The third-order valence-corrected chi connectivity index (χ3v) is 4.49. The Labute approximate surface area is 157 Å². The van der Waals surface area contributed by atoms with Crippen LogP contribution in [0.5, 0.6) is 0 Å². The van der Waals surface area contributed by atoms with E-state index >= 15 is 0 Å². The first-order chi connectivity index (χ1) is 13.3. The van der Waals surface area contributed by atoms with E-state index in [0.717, 1.165) is 15.9 Å². The lowest BCUT2D eigenvalue weighted by Crippen LogP contribution is -2.38. The van der Waals surface area contributed by atoms with Crippen molar-refractivity contribution in [2.24, 2.45) is 0 Å². The van der Waals surface area contributed by atoms with Crippen LogP contribution in [0.15, 0.2) is 97.2 Å². The SMILES string of the molecule is [O-][n+]1c(-c2ccccc2)cnc(-c2ccccc2)c1C(O)c1ccccc1. The fourth-order valence-electron chi connectivity index (χ4n) is 3.12. The van der Waals surface area contributed by atoms with Crippen LogP contribution < -0.4 is 4.73 Å². The first-order valence-electron chi connectivity index (χ1n) is 8.72. The van der Waals surface area contributed by atoms with E-state index in [1.54, 1.807) is 18.3 Å². The summed E-state index contributed by atoms with van der Waals surface area (Å²) in [6.45, 7) is 0. The lowest BCUT2D eigenvalue weighted by Gasteiger charge is -2.17. The second-order valence-corrected chi connectivity index (χ2v) is 6.22. The summed E-state index contributed by atoms with van der Waals surface area (Å²) in [5.74, 6) is 0. The minimum absolute atomic E-state index is 0.216. The summed E-state index contributed by atoms with van der Waals surface area (Å²) >= 11 is 0. The highest BCUT2D eigenvalue weighted by molar-refractivity contribution is 5.64. The lowest BCUT2D eigenvalue weighted by molar-refractivity contribution is -0.606. The van der Waals surface area contributed by atoms with Crippen LogP contribution >= 0.6 is 0 Å². The lowest BCUT2D eigenvalue weighted by atomic mass is 10.0. The van der Waals surface area contributed by atoms with Crippen molar-refractivity contribution in [2.45, 2.75) is 6.10 Å². The normalized spacial score (nSPS) is 11.9. The minimum Gasteiger partial charge on any atom is -0.618 e. The zero-order valence-electron chi connectivity index (χ0n) is 14.6. The second-order valence-electron chi connectivity index (χ2n) is 6.22. The maximum Gasteiger partial charge on any atom is 0.253 e. The molecular formula is C23H18N2O2. The number of nitrogens with zero attached hydrogens (tertiary/aromatic N) is 2. The Morgan fingerprint density at radius 2 is 1.26 bits per heavy atom. The summed E-state index contributed by atoms with van der Waals surface area (Å²) in [5, 5.41) is 24.3. The molecule has 0 aliphatic rings. The molecule has 4 aromatic rings. The molecule has 0 aliphatic heterocycles. The molecule has 0 aliphatic carbocycles. The van der Waals surface area contributed by atoms with Crippen molar-refractivity contribution < 1.29 is 9.84 Å². The van der Waals surface area contributed by atoms with Gasteiger partial charge in [0.25, 0.3) is 5.69 Å². The molecule has 0 fully saturated rings. The van der Waals surface area contributed by atoms with E-state index in [9.17, 15) is 10.3 Å². The maximum atomic E-state index is 13.3. The van der Waals surface area contributed by atoms with Gasteiger partial charge >= 0.3 is 0 Å². The summed E-state index contributed by atoms with van der Waals surface area (Å²) in [5.41, 5.74) is 3.27. The van der Waals surface area contributed by atoms with Crippen LogP contribution in [0.4, 0.5) is 0 Å². The van der Waals surface area contributed by atoms with E-state index in [2.05, 4.69) is 4.98 Å². The highest BCUT2D eigenvalue weighted by atomic mass is 16.5. The number of aliphatic hydroxyl groups excluding tert-OH is 1. The Hall–Kier alpha value is -3.50. The van der Waals surface area contributed by atoms with Gasteiger partial charge < -0.3 is 10.3 Å². The quantitative estimate of drug-likeness (QED) is 0.443. The van der Waals surface area contributed by atoms with Crippen LogP contribution in [0, 0.1) is 5.21 Å². The smallest absolute Gasteiger partial charge is 0.253 e. The topological polar surface area (TPSA) is 60.1 Å². The summed E-state index contributed by atoms with van der Waals surface area (Å²) in [6.07, 6.45) is 0.473. The Kier molecular flexibility index (Phi) is 4.64. The van der Waals surface area contributed by atoms with Gasteiger partial charge in [-0.15, -0.1) is 0 Å². The third-order valence-electron chi connectivity index (χ3n) is 4.49. The van der Waals surface area contributed by atoms with Gasteiger partial charge in [0, 0.05) is 11.1 Å². The van der Waals surface area contributed by atoms with Crippen LogP contribution in [-0.4, -0.2) is 10.1 Å². The molecule has 0 bridgehead atoms. The Bertz CT molecular complexity index is 1040. The van der Waals surface area contributed by atoms with Crippen LogP contribution in [-0.2, 0) is 0 Å². The molecule has 1 atom stereocenters. The van der Waals surface area contributed by atoms with Crippen LogP contribution in [0.1, 0.15) is 17.4 Å². The number of rotatable bonds is 4. The molecule has 1 aromatic heterocycles. The van der Waals surface area contributed by atoms with Gasteiger partial charge in [0.05, 0.1) is 0 Å². The third kappa shape index (κ3) is 3.30. The summed E-state index contributed by atoms with van der Waals surface area (Å²) in [6, 6.07) is 27.9. The van der Waals surface area contributed by atoms with Crippen molar-refractivity contribution in [2.75, 3.05) is 0 Å². The molecule has 4 heteroatoms. The van der Waals surface area contributed by atoms with Gasteiger partial charge in [0.1, 0.15) is 11.9 Å². The highest BCUT2D eigenvalue weighted by Crippen LogP contribution is 2.29. The number of hydrogen-bond donors (Lipinski definition) is 1. The molecule has 1 unspecified atom stereocenters. The molecule has 132 valence electrons. The van der Waals surface area contributed by atoms with E-state index in [4.69, 9.17) is 0 Å². The first kappa shape index (κ1) is 16.9. The molecule has 4 nitrogen and oxygen atoms in total. The predicted octanol–water partition coefficient (Wildman–Crippen LogP) is 4.13. The van der Waals surface area contributed by atoms with Gasteiger partial charge in [0.15, 0.2) is 6.10 Å². The monoisotopic (exact) mass is 354 g/mol. The maximum absolute atomic E-state index is 13.3. The van der Waals surface area contributed by atoms with Gasteiger partial charge in [-0.25, -0.2) is 4.98 Å². The van der Waals surface area contributed by atoms with E-state index < -0.39 is 6.10 Å². The molecule has 3 aromatic carbocycles. The molecule has 4 rings (SSSR count). The average Bonchev–Trinajstić information content (AvgIpc) is 2.75. The molecule has 0 radical (unpaired) electrons. The molecule has 0 saturated carbocycles. The average molecular weight is 354 g/mol. The molecule has 0 saturated heterocycles. The molecule has 27 heavy (non-hydrogen) atoms. The van der Waals surface area contributed by atoms with Gasteiger partial charge in [-0.05, 0) is 17.7 Å². The number of aliphatic hydroxyl groups is 1. The summed E-state index contributed by atoms with van der Waals surface area (Å²) < 4.78 is 0.794. The zero-order chi connectivity index (χ0) is 18.6. The molecule has 1 N–H and O–H groups in total. The summed E-state index contributed by atoms with van der Waals surface area (Å²) in [4.78, 5) is 4.55. The number of benzene rings is 3. The van der Waals surface area contributed by atoms with Gasteiger partial charge in [0.2, 0.25) is 5.69 Å². The van der Waals surface area contributed by atoms with Crippen molar-refractivity contribution >= 4 is 0 Å². The molecule has 0 spiro atoms. The fraction of sp³-hybridized carbons (Fsp3) is 0.0435. The minimum atomic E-state index is -1.09. The van der Waals surface area contributed by atoms with E-state index in [1.165, 1.54) is 0 Å². The van der Waals surface area contributed by atoms with Crippen LogP contribution in [0.3, 0.4) is 0 Å². The van der Waals surface area contributed by atoms with Crippen molar-refractivity contribution in [1.82, 2.24) is 4.98 Å². The van der Waals surface area contributed by atoms with E-state index in [-0.39, 0.29) is 5.69 Å². The fourth-order valence-corrected chi connectivity index (χ4v) is 3.12. The number of aromatic nitrogens is 2. The van der Waals surface area contributed by atoms with Crippen LogP contribution in [0.2, 0.25) is 0 Å². The van der Waals surface area contributed by atoms with E-state index in [1.807, 2.05) is 78.9 Å². The van der Waals surface area contributed by atoms with Gasteiger partial charge in [-0.1, -0.05) is 78.9 Å². The van der Waals surface area contributed by atoms with E-state index in [0.29, 0.717) is 17.0 Å². The van der Waals surface area contributed by atoms with Crippen molar-refractivity contribution in [3.05, 3.63) is 114 Å². The second kappa shape index (κ2) is 7.40. The summed E-state index contributed by atoms with van der Waals surface area (Å²) in [7, 11) is 0. The predicted molar refractivity (Wildman–Crippen MR) is 105 cm³/mol. The van der Waals surface area contributed by atoms with Crippen molar-refractivity contribution in [3.8, 4) is 22.5 Å². The highest BCUT2D eigenvalue weighted by Gasteiger charge is 2.28. The molecular weight excluding hydrogens is 336 g/mol. The van der Waals surface area contributed by atoms with Gasteiger partial charge in [-0.2, -0.15) is 4.73 Å².